The average molecular weight is 278 g/mol. The molecule has 0 bridgehead atoms. The van der Waals surface area contributed by atoms with E-state index in [9.17, 15) is 9.59 Å². The number of hydrogen-bond acceptors (Lipinski definition) is 3. The second-order valence-corrected chi connectivity index (χ2v) is 4.60. The lowest BCUT2D eigenvalue weighted by molar-refractivity contribution is -0.130. The summed E-state index contributed by atoms with van der Waals surface area (Å²) in [6.45, 7) is 7.60. The van der Waals surface area contributed by atoms with Crippen molar-refractivity contribution >= 4 is 17.6 Å². The van der Waals surface area contributed by atoms with Gasteiger partial charge in [0, 0.05) is 31.7 Å². The average Bonchev–Trinajstić information content (AvgIpc) is 2.39. The van der Waals surface area contributed by atoms with E-state index in [-0.39, 0.29) is 11.5 Å². The van der Waals surface area contributed by atoms with Gasteiger partial charge in [-0.2, -0.15) is 0 Å². The number of hydrogen-bond donors (Lipinski definition) is 2. The molecule has 1 amide bonds. The zero-order chi connectivity index (χ0) is 15.1. The molecular weight excluding hydrogens is 256 g/mol. The third kappa shape index (κ3) is 4.26. The van der Waals surface area contributed by atoms with Crippen LogP contribution < -0.4 is 5.32 Å². The molecule has 5 heteroatoms. The Morgan fingerprint density at radius 1 is 1.25 bits per heavy atom. The minimum Gasteiger partial charge on any atom is -0.478 e. The summed E-state index contributed by atoms with van der Waals surface area (Å²) in [6, 6.07) is 5.12. The quantitative estimate of drug-likeness (QED) is 0.803. The van der Waals surface area contributed by atoms with Gasteiger partial charge >= 0.3 is 5.97 Å². The van der Waals surface area contributed by atoms with Crippen LogP contribution in [0.4, 0.5) is 5.69 Å². The van der Waals surface area contributed by atoms with E-state index >= 15 is 0 Å². The van der Waals surface area contributed by atoms with Gasteiger partial charge in [0.2, 0.25) is 5.91 Å². The number of aromatic carboxylic acids is 1. The summed E-state index contributed by atoms with van der Waals surface area (Å²) < 4.78 is 0. The van der Waals surface area contributed by atoms with Crippen molar-refractivity contribution in [2.45, 2.75) is 27.2 Å². The molecule has 20 heavy (non-hydrogen) atoms. The number of nitrogens with zero attached hydrogens (tertiary/aromatic N) is 1. The van der Waals surface area contributed by atoms with Crippen molar-refractivity contribution in [1.82, 2.24) is 4.90 Å². The summed E-state index contributed by atoms with van der Waals surface area (Å²) >= 11 is 0. The molecule has 0 aromatic heterocycles. The first-order valence-electron chi connectivity index (χ1n) is 6.85. The Hall–Kier alpha value is -2.04. The molecule has 0 saturated carbocycles. The van der Waals surface area contributed by atoms with Crippen LogP contribution >= 0.6 is 0 Å². The fourth-order valence-corrected chi connectivity index (χ4v) is 2.03. The van der Waals surface area contributed by atoms with Crippen molar-refractivity contribution in [3.63, 3.8) is 0 Å². The fraction of sp³-hybridized carbons (Fsp3) is 0.467. The van der Waals surface area contributed by atoms with Gasteiger partial charge in [0.15, 0.2) is 0 Å². The van der Waals surface area contributed by atoms with E-state index in [0.29, 0.717) is 31.7 Å². The van der Waals surface area contributed by atoms with Crippen LogP contribution in [0.1, 0.15) is 36.2 Å². The molecule has 0 fully saturated rings. The van der Waals surface area contributed by atoms with Crippen LogP contribution in [0.15, 0.2) is 18.2 Å². The van der Waals surface area contributed by atoms with Crippen LogP contribution in [-0.4, -0.2) is 41.5 Å². The number of carbonyl (C=O) groups excluding carboxylic acids is 1. The van der Waals surface area contributed by atoms with Crippen LogP contribution in [0.3, 0.4) is 0 Å². The molecular formula is C15H22N2O3. The number of anilines is 1. The molecule has 0 aliphatic rings. The molecule has 0 atom stereocenters. The highest BCUT2D eigenvalue weighted by molar-refractivity contribution is 5.94. The van der Waals surface area contributed by atoms with Gasteiger partial charge in [-0.15, -0.1) is 0 Å². The number of carboxylic acids is 1. The van der Waals surface area contributed by atoms with Crippen LogP contribution in [0.5, 0.6) is 0 Å². The SMILES string of the molecule is CCN(CC)C(=O)CCNc1cc(C)ccc1C(=O)O. The van der Waals surface area contributed by atoms with E-state index in [2.05, 4.69) is 5.32 Å². The molecule has 1 aromatic carbocycles. The lowest BCUT2D eigenvalue weighted by atomic mass is 10.1. The van der Waals surface area contributed by atoms with Crippen molar-refractivity contribution in [3.8, 4) is 0 Å². The molecule has 1 rings (SSSR count). The lowest BCUT2D eigenvalue weighted by Crippen LogP contribution is -2.31. The van der Waals surface area contributed by atoms with Crippen molar-refractivity contribution in [1.29, 1.82) is 0 Å². The summed E-state index contributed by atoms with van der Waals surface area (Å²) in [6.07, 6.45) is 0.356. The molecule has 0 saturated heterocycles. The topological polar surface area (TPSA) is 69.6 Å². The van der Waals surface area contributed by atoms with Gasteiger partial charge in [-0.3, -0.25) is 4.79 Å². The number of amides is 1. The Balaban J connectivity index is 2.64. The van der Waals surface area contributed by atoms with Gasteiger partial charge in [-0.05, 0) is 38.5 Å². The van der Waals surface area contributed by atoms with Crippen LogP contribution in [-0.2, 0) is 4.79 Å². The molecule has 0 aliphatic carbocycles. The Labute approximate surface area is 119 Å². The maximum atomic E-state index is 11.9. The summed E-state index contributed by atoms with van der Waals surface area (Å²) in [7, 11) is 0. The first-order valence-corrected chi connectivity index (χ1v) is 6.85. The maximum Gasteiger partial charge on any atom is 0.337 e. The molecule has 5 nitrogen and oxygen atoms in total. The normalized spacial score (nSPS) is 10.2. The highest BCUT2D eigenvalue weighted by Gasteiger charge is 2.12. The molecule has 0 heterocycles. The van der Waals surface area contributed by atoms with Crippen molar-refractivity contribution in [2.75, 3.05) is 25.0 Å². The van der Waals surface area contributed by atoms with Crippen molar-refractivity contribution < 1.29 is 14.7 Å². The number of rotatable bonds is 7. The number of nitrogens with one attached hydrogen (secondary N) is 1. The van der Waals surface area contributed by atoms with E-state index in [1.54, 1.807) is 23.1 Å². The lowest BCUT2D eigenvalue weighted by Gasteiger charge is -2.19. The van der Waals surface area contributed by atoms with E-state index < -0.39 is 5.97 Å². The fourth-order valence-electron chi connectivity index (χ4n) is 2.03. The highest BCUT2D eigenvalue weighted by Crippen LogP contribution is 2.17. The Bertz CT molecular complexity index is 482. The molecule has 0 radical (unpaired) electrons. The summed E-state index contributed by atoms with van der Waals surface area (Å²) in [5.74, 6) is -0.894. The standard InChI is InChI=1S/C15H22N2O3/c1-4-17(5-2)14(18)8-9-16-13-10-11(3)6-7-12(13)15(19)20/h6-7,10,16H,4-5,8-9H2,1-3H3,(H,19,20). The van der Waals surface area contributed by atoms with Crippen LogP contribution in [0.25, 0.3) is 0 Å². The summed E-state index contributed by atoms with van der Waals surface area (Å²) in [4.78, 5) is 24.7. The third-order valence-corrected chi connectivity index (χ3v) is 3.18. The van der Waals surface area contributed by atoms with Gasteiger partial charge in [-0.25, -0.2) is 4.79 Å². The largest absolute Gasteiger partial charge is 0.478 e. The number of benzene rings is 1. The minimum absolute atomic E-state index is 0.0760. The monoisotopic (exact) mass is 278 g/mol. The van der Waals surface area contributed by atoms with Crippen LogP contribution in [0.2, 0.25) is 0 Å². The molecule has 1 aromatic rings. The molecule has 0 unspecified atom stereocenters. The van der Waals surface area contributed by atoms with Gasteiger partial charge in [0.05, 0.1) is 5.56 Å². The third-order valence-electron chi connectivity index (χ3n) is 3.18. The smallest absolute Gasteiger partial charge is 0.337 e. The first kappa shape index (κ1) is 16.0. The first-order chi connectivity index (χ1) is 9.49. The Kier molecular flexibility index (Phi) is 6.03. The maximum absolute atomic E-state index is 11.9. The van der Waals surface area contributed by atoms with Gasteiger partial charge in [0.1, 0.15) is 0 Å². The Morgan fingerprint density at radius 3 is 2.45 bits per heavy atom. The van der Waals surface area contributed by atoms with Gasteiger partial charge in [0.25, 0.3) is 0 Å². The van der Waals surface area contributed by atoms with E-state index in [1.807, 2.05) is 20.8 Å². The predicted octanol–water partition coefficient (Wildman–Crippen LogP) is 2.36. The number of aryl methyl sites for hydroxylation is 1. The highest BCUT2D eigenvalue weighted by atomic mass is 16.4. The molecule has 0 aliphatic heterocycles. The number of carbonyl (C=O) groups is 2. The number of carboxylic acid groups (broad SMARTS) is 1. The van der Waals surface area contributed by atoms with Crippen LogP contribution in [0, 0.1) is 6.92 Å². The zero-order valence-electron chi connectivity index (χ0n) is 12.3. The van der Waals surface area contributed by atoms with E-state index in [4.69, 9.17) is 5.11 Å². The predicted molar refractivity (Wildman–Crippen MR) is 79.2 cm³/mol. The molecule has 2 N–H and O–H groups in total. The second-order valence-electron chi connectivity index (χ2n) is 4.60. The van der Waals surface area contributed by atoms with E-state index in [1.165, 1.54) is 0 Å². The van der Waals surface area contributed by atoms with E-state index in [0.717, 1.165) is 5.56 Å². The summed E-state index contributed by atoms with van der Waals surface area (Å²) in [5, 5.41) is 12.2. The molecule has 0 spiro atoms. The minimum atomic E-state index is -0.970. The van der Waals surface area contributed by atoms with Gasteiger partial charge in [-0.1, -0.05) is 6.07 Å². The second kappa shape index (κ2) is 7.53. The van der Waals surface area contributed by atoms with Crippen molar-refractivity contribution in [2.24, 2.45) is 0 Å². The summed E-state index contributed by atoms with van der Waals surface area (Å²) in [5.41, 5.74) is 1.77. The van der Waals surface area contributed by atoms with Gasteiger partial charge < -0.3 is 15.3 Å². The zero-order valence-corrected chi connectivity index (χ0v) is 12.3. The molecule has 110 valence electrons. The Morgan fingerprint density at radius 2 is 1.90 bits per heavy atom. The van der Waals surface area contributed by atoms with Crippen molar-refractivity contribution in [3.05, 3.63) is 29.3 Å².